The molecule has 10 heteroatoms. The number of halogens is 3. The lowest BCUT2D eigenvalue weighted by molar-refractivity contribution is -0.388. The lowest BCUT2D eigenvalue weighted by Crippen LogP contribution is -2.14. The summed E-state index contributed by atoms with van der Waals surface area (Å²) >= 11 is 0. The molecule has 0 saturated heterocycles. The lowest BCUT2D eigenvalue weighted by atomic mass is 10.1. The van der Waals surface area contributed by atoms with Crippen molar-refractivity contribution >= 4 is 17.3 Å². The van der Waals surface area contributed by atoms with Crippen molar-refractivity contribution in [2.75, 3.05) is 5.32 Å². The molecule has 1 N–H and O–H groups in total. The third-order valence-electron chi connectivity index (χ3n) is 2.42. The minimum atomic E-state index is -4.92. The van der Waals surface area contributed by atoms with Crippen molar-refractivity contribution in [1.29, 1.82) is 0 Å². The summed E-state index contributed by atoms with van der Waals surface area (Å²) in [5, 5.41) is 12.7. The first-order valence-corrected chi connectivity index (χ1v) is 5.34. The molecular weight excluding hydrogens is 295 g/mol. The second-order valence-electron chi connectivity index (χ2n) is 3.81. The highest BCUT2D eigenvalue weighted by atomic mass is 19.4. The minimum absolute atomic E-state index is 0.137. The molecular formula is C11H6F3N3O4. The summed E-state index contributed by atoms with van der Waals surface area (Å²) < 4.78 is 42.8. The van der Waals surface area contributed by atoms with Crippen molar-refractivity contribution in [2.24, 2.45) is 0 Å². The molecule has 110 valence electrons. The van der Waals surface area contributed by atoms with Crippen LogP contribution in [0.2, 0.25) is 0 Å². The molecule has 2 rings (SSSR count). The lowest BCUT2D eigenvalue weighted by Gasteiger charge is -2.10. The Morgan fingerprint density at radius 3 is 2.62 bits per heavy atom. The topological polar surface area (TPSA) is 98.3 Å². The van der Waals surface area contributed by atoms with Crippen molar-refractivity contribution < 1.29 is 27.3 Å². The Hall–Kier alpha value is -2.91. The third kappa shape index (κ3) is 3.16. The maximum Gasteiger partial charge on any atom is 0.423 e. The summed E-state index contributed by atoms with van der Waals surface area (Å²) in [6.07, 6.45) is -2.94. The van der Waals surface area contributed by atoms with Gasteiger partial charge in [0.15, 0.2) is 12.1 Å². The number of amides is 1. The monoisotopic (exact) mass is 301 g/mol. The molecule has 0 spiro atoms. The highest BCUT2D eigenvalue weighted by Gasteiger charge is 2.38. The zero-order valence-electron chi connectivity index (χ0n) is 10.0. The Kier molecular flexibility index (Phi) is 3.61. The fourth-order valence-electron chi connectivity index (χ4n) is 1.52. The number of hydrogen-bond donors (Lipinski definition) is 1. The van der Waals surface area contributed by atoms with E-state index in [1.165, 1.54) is 0 Å². The van der Waals surface area contributed by atoms with Crippen molar-refractivity contribution in [3.8, 4) is 0 Å². The van der Waals surface area contributed by atoms with Crippen LogP contribution in [0.25, 0.3) is 0 Å². The largest absolute Gasteiger partial charge is 0.451 e. The van der Waals surface area contributed by atoms with Crippen LogP contribution in [-0.2, 0) is 6.18 Å². The van der Waals surface area contributed by atoms with Gasteiger partial charge in [-0.3, -0.25) is 14.9 Å². The van der Waals surface area contributed by atoms with Crippen LogP contribution in [0, 0.1) is 10.1 Å². The summed E-state index contributed by atoms with van der Waals surface area (Å²) in [7, 11) is 0. The summed E-state index contributed by atoms with van der Waals surface area (Å²) in [6, 6.07) is 2.14. The van der Waals surface area contributed by atoms with E-state index in [0.717, 1.165) is 18.7 Å². The quantitative estimate of drug-likeness (QED) is 0.694. The van der Waals surface area contributed by atoms with E-state index in [-0.39, 0.29) is 11.4 Å². The molecule has 1 aromatic heterocycles. The van der Waals surface area contributed by atoms with E-state index in [4.69, 9.17) is 0 Å². The van der Waals surface area contributed by atoms with E-state index >= 15 is 0 Å². The van der Waals surface area contributed by atoms with Gasteiger partial charge in [-0.05, 0) is 12.1 Å². The maximum absolute atomic E-state index is 12.8. The first kappa shape index (κ1) is 14.5. The zero-order chi connectivity index (χ0) is 15.6. The SMILES string of the molecule is O=C(Nc1ccc([N+](=O)[O-])c(C(F)(F)F)c1)c1cocn1. The molecule has 0 aliphatic carbocycles. The normalized spacial score (nSPS) is 11.2. The summed E-state index contributed by atoms with van der Waals surface area (Å²) in [6.45, 7) is 0. The number of nitro benzene ring substituents is 1. The molecule has 0 bridgehead atoms. The predicted molar refractivity (Wildman–Crippen MR) is 62.6 cm³/mol. The van der Waals surface area contributed by atoms with E-state index in [1.807, 2.05) is 0 Å². The smallest absolute Gasteiger partial charge is 0.423 e. The van der Waals surface area contributed by atoms with Gasteiger partial charge in [-0.15, -0.1) is 0 Å². The number of aromatic nitrogens is 1. The average Bonchev–Trinajstić information content (AvgIpc) is 2.91. The molecule has 0 unspecified atom stereocenters. The number of carbonyl (C=O) groups is 1. The van der Waals surface area contributed by atoms with Gasteiger partial charge in [0, 0.05) is 11.8 Å². The number of rotatable bonds is 3. The van der Waals surface area contributed by atoms with Crippen LogP contribution < -0.4 is 5.32 Å². The number of benzene rings is 1. The molecule has 0 saturated carbocycles. The van der Waals surface area contributed by atoms with E-state index in [2.05, 4.69) is 14.7 Å². The highest BCUT2D eigenvalue weighted by molar-refractivity contribution is 6.02. The van der Waals surface area contributed by atoms with E-state index < -0.39 is 28.3 Å². The van der Waals surface area contributed by atoms with Gasteiger partial charge in [0.25, 0.3) is 11.6 Å². The van der Waals surface area contributed by atoms with Crippen LogP contribution in [0.3, 0.4) is 0 Å². The molecule has 7 nitrogen and oxygen atoms in total. The molecule has 0 aliphatic rings. The van der Waals surface area contributed by atoms with Crippen LogP contribution >= 0.6 is 0 Å². The molecule has 0 aliphatic heterocycles. The van der Waals surface area contributed by atoms with Crippen LogP contribution in [-0.4, -0.2) is 15.8 Å². The molecule has 1 aromatic carbocycles. The number of carbonyl (C=O) groups excluding carboxylic acids is 1. The number of anilines is 1. The first-order chi connectivity index (χ1) is 9.79. The number of nitrogens with one attached hydrogen (secondary N) is 1. The number of nitrogens with zero attached hydrogens (tertiary/aromatic N) is 2. The van der Waals surface area contributed by atoms with Gasteiger partial charge >= 0.3 is 6.18 Å². The fraction of sp³-hybridized carbons (Fsp3) is 0.0909. The van der Waals surface area contributed by atoms with E-state index in [9.17, 15) is 28.1 Å². The van der Waals surface area contributed by atoms with Gasteiger partial charge in [0.05, 0.1) is 4.92 Å². The number of nitro groups is 1. The standard InChI is InChI=1S/C11H6F3N3O4/c12-11(13,14)7-3-6(1-2-9(7)17(19)20)16-10(18)8-4-21-5-15-8/h1-5H,(H,16,18). The minimum Gasteiger partial charge on any atom is -0.451 e. The molecule has 1 heterocycles. The second-order valence-corrected chi connectivity index (χ2v) is 3.81. The van der Waals surface area contributed by atoms with Gasteiger partial charge in [-0.25, -0.2) is 4.98 Å². The number of alkyl halides is 3. The average molecular weight is 301 g/mol. The Balaban J connectivity index is 2.34. The highest BCUT2D eigenvalue weighted by Crippen LogP contribution is 2.37. The molecule has 2 aromatic rings. The third-order valence-corrected chi connectivity index (χ3v) is 2.42. The molecule has 21 heavy (non-hydrogen) atoms. The second kappa shape index (κ2) is 5.23. The van der Waals surface area contributed by atoms with Crippen LogP contribution in [0.4, 0.5) is 24.5 Å². The van der Waals surface area contributed by atoms with Crippen molar-refractivity contribution in [3.63, 3.8) is 0 Å². The van der Waals surface area contributed by atoms with Crippen molar-refractivity contribution in [2.45, 2.75) is 6.18 Å². The summed E-state index contributed by atoms with van der Waals surface area (Å²) in [4.78, 5) is 24.6. The first-order valence-electron chi connectivity index (χ1n) is 5.34. The van der Waals surface area contributed by atoms with Gasteiger partial charge in [-0.2, -0.15) is 13.2 Å². The molecule has 0 atom stereocenters. The van der Waals surface area contributed by atoms with Gasteiger partial charge in [-0.1, -0.05) is 0 Å². The van der Waals surface area contributed by atoms with Crippen molar-refractivity contribution in [1.82, 2.24) is 4.98 Å². The fourth-order valence-corrected chi connectivity index (χ4v) is 1.52. The number of hydrogen-bond acceptors (Lipinski definition) is 5. The Morgan fingerprint density at radius 1 is 1.38 bits per heavy atom. The summed E-state index contributed by atoms with van der Waals surface area (Å²) in [5.74, 6) is -0.800. The Morgan fingerprint density at radius 2 is 2.10 bits per heavy atom. The van der Waals surface area contributed by atoms with Gasteiger partial charge in [0.2, 0.25) is 0 Å². The van der Waals surface area contributed by atoms with Crippen LogP contribution in [0.5, 0.6) is 0 Å². The van der Waals surface area contributed by atoms with Crippen LogP contribution in [0.15, 0.2) is 35.3 Å². The maximum atomic E-state index is 12.8. The molecule has 0 fully saturated rings. The number of oxazole rings is 1. The van der Waals surface area contributed by atoms with Gasteiger partial charge in [0.1, 0.15) is 11.8 Å². The van der Waals surface area contributed by atoms with E-state index in [1.54, 1.807) is 0 Å². The van der Waals surface area contributed by atoms with Crippen LogP contribution in [0.1, 0.15) is 16.1 Å². The zero-order valence-corrected chi connectivity index (χ0v) is 10.0. The predicted octanol–water partition coefficient (Wildman–Crippen LogP) is 2.85. The Bertz CT molecular complexity index is 683. The van der Waals surface area contributed by atoms with Crippen molar-refractivity contribution in [3.05, 3.63) is 52.2 Å². The molecule has 0 radical (unpaired) electrons. The van der Waals surface area contributed by atoms with E-state index in [0.29, 0.717) is 12.1 Å². The van der Waals surface area contributed by atoms with Gasteiger partial charge < -0.3 is 9.73 Å². The summed E-state index contributed by atoms with van der Waals surface area (Å²) in [5.41, 5.74) is -2.93. The molecule has 1 amide bonds. The Labute approximate surface area is 114 Å².